The van der Waals surface area contributed by atoms with Crippen LogP contribution in [0.1, 0.15) is 18.9 Å². The summed E-state index contributed by atoms with van der Waals surface area (Å²) >= 11 is 0. The Hall–Kier alpha value is -1.88. The van der Waals surface area contributed by atoms with E-state index in [2.05, 4.69) is 5.32 Å². The summed E-state index contributed by atoms with van der Waals surface area (Å²) in [6, 6.07) is 10.1. The third-order valence-corrected chi connectivity index (χ3v) is 2.57. The van der Waals surface area contributed by atoms with Gasteiger partial charge in [-0.25, -0.2) is 4.79 Å². The summed E-state index contributed by atoms with van der Waals surface area (Å²) < 4.78 is 4.71. The maximum absolute atomic E-state index is 11.4. The molecule has 0 saturated heterocycles. The minimum atomic E-state index is -1.08. The maximum atomic E-state index is 11.4. The summed E-state index contributed by atoms with van der Waals surface area (Å²) in [6.07, 6.45) is 1.72. The molecule has 1 aromatic rings. The molecule has 1 amide bonds. The number of carboxylic acids is 1. The molecule has 19 heavy (non-hydrogen) atoms. The smallest absolute Gasteiger partial charge is 0.329 e. The van der Waals surface area contributed by atoms with Crippen LogP contribution < -0.4 is 5.32 Å². The van der Waals surface area contributed by atoms with Crippen LogP contribution in [0.25, 0.3) is 0 Å². The van der Waals surface area contributed by atoms with E-state index in [4.69, 9.17) is 9.84 Å². The second-order valence-electron chi connectivity index (χ2n) is 4.38. The lowest BCUT2D eigenvalue weighted by molar-refractivity contribution is -0.143. The highest BCUT2D eigenvalue weighted by molar-refractivity contribution is 5.78. The molecule has 1 rings (SSSR count). The van der Waals surface area contributed by atoms with Crippen LogP contribution in [-0.4, -0.2) is 36.2 Å². The SMILES string of the molecule is CC(CCc1ccccc1)NC(=O)COCC(=O)O. The number of carbonyl (C=O) groups excluding carboxylic acids is 1. The lowest BCUT2D eigenvalue weighted by Crippen LogP contribution is -2.36. The first-order valence-electron chi connectivity index (χ1n) is 6.20. The average Bonchev–Trinajstić information content (AvgIpc) is 2.37. The number of carbonyl (C=O) groups is 2. The Bertz CT molecular complexity index is 405. The molecular formula is C14H19NO4. The first-order chi connectivity index (χ1) is 9.08. The Morgan fingerprint density at radius 2 is 1.95 bits per heavy atom. The lowest BCUT2D eigenvalue weighted by atomic mass is 10.1. The molecule has 5 nitrogen and oxygen atoms in total. The van der Waals surface area contributed by atoms with Gasteiger partial charge in [0.05, 0.1) is 0 Å². The van der Waals surface area contributed by atoms with Crippen molar-refractivity contribution in [2.45, 2.75) is 25.8 Å². The molecule has 0 spiro atoms. The molecule has 0 aliphatic heterocycles. The zero-order valence-corrected chi connectivity index (χ0v) is 11.0. The summed E-state index contributed by atoms with van der Waals surface area (Å²) in [5.74, 6) is -1.37. The quantitative estimate of drug-likeness (QED) is 0.741. The molecule has 0 fully saturated rings. The van der Waals surface area contributed by atoms with Gasteiger partial charge in [0.1, 0.15) is 13.2 Å². The van der Waals surface area contributed by atoms with Gasteiger partial charge in [-0.1, -0.05) is 30.3 Å². The molecule has 1 atom stereocenters. The van der Waals surface area contributed by atoms with Crippen LogP contribution in [0.4, 0.5) is 0 Å². The van der Waals surface area contributed by atoms with E-state index in [1.165, 1.54) is 5.56 Å². The Balaban J connectivity index is 2.18. The molecule has 5 heteroatoms. The zero-order valence-electron chi connectivity index (χ0n) is 11.0. The van der Waals surface area contributed by atoms with E-state index in [0.29, 0.717) is 0 Å². The monoisotopic (exact) mass is 265 g/mol. The van der Waals surface area contributed by atoms with Gasteiger partial charge < -0.3 is 15.2 Å². The van der Waals surface area contributed by atoms with Gasteiger partial charge in [0.2, 0.25) is 5.91 Å². The lowest BCUT2D eigenvalue weighted by Gasteiger charge is -2.13. The molecule has 0 radical (unpaired) electrons. The van der Waals surface area contributed by atoms with Crippen LogP contribution in [0.2, 0.25) is 0 Å². The predicted molar refractivity (Wildman–Crippen MR) is 70.8 cm³/mol. The number of amides is 1. The molecule has 0 heterocycles. The van der Waals surface area contributed by atoms with Gasteiger partial charge in [-0.15, -0.1) is 0 Å². The number of benzene rings is 1. The van der Waals surface area contributed by atoms with E-state index < -0.39 is 12.6 Å². The van der Waals surface area contributed by atoms with Crippen molar-refractivity contribution < 1.29 is 19.4 Å². The van der Waals surface area contributed by atoms with Crippen molar-refractivity contribution in [2.75, 3.05) is 13.2 Å². The fourth-order valence-corrected chi connectivity index (χ4v) is 1.65. The summed E-state index contributed by atoms with van der Waals surface area (Å²) in [7, 11) is 0. The predicted octanol–water partition coefficient (Wildman–Crippen LogP) is 1.23. The van der Waals surface area contributed by atoms with Crippen LogP contribution in [-0.2, 0) is 20.7 Å². The minimum absolute atomic E-state index is 0.0288. The van der Waals surface area contributed by atoms with Crippen LogP contribution in [0.5, 0.6) is 0 Å². The van der Waals surface area contributed by atoms with Gasteiger partial charge in [-0.05, 0) is 25.3 Å². The second-order valence-corrected chi connectivity index (χ2v) is 4.38. The Morgan fingerprint density at radius 3 is 2.58 bits per heavy atom. The van der Waals surface area contributed by atoms with Crippen molar-refractivity contribution >= 4 is 11.9 Å². The Morgan fingerprint density at radius 1 is 1.26 bits per heavy atom. The third kappa shape index (κ3) is 7.21. The summed E-state index contributed by atoms with van der Waals surface area (Å²) in [5.41, 5.74) is 1.23. The van der Waals surface area contributed by atoms with E-state index in [9.17, 15) is 9.59 Å². The average molecular weight is 265 g/mol. The number of hydrogen-bond acceptors (Lipinski definition) is 3. The molecule has 1 unspecified atom stereocenters. The molecule has 104 valence electrons. The van der Waals surface area contributed by atoms with Gasteiger partial charge in [-0.2, -0.15) is 0 Å². The van der Waals surface area contributed by atoms with Crippen molar-refractivity contribution in [3.8, 4) is 0 Å². The van der Waals surface area contributed by atoms with E-state index in [1.807, 2.05) is 37.3 Å². The molecule has 0 aromatic heterocycles. The molecule has 0 bridgehead atoms. The van der Waals surface area contributed by atoms with Crippen molar-refractivity contribution in [2.24, 2.45) is 0 Å². The number of carboxylic acid groups (broad SMARTS) is 1. The molecule has 1 aromatic carbocycles. The summed E-state index contributed by atoms with van der Waals surface area (Å²) in [4.78, 5) is 21.6. The number of rotatable bonds is 8. The molecule has 0 aliphatic carbocycles. The van der Waals surface area contributed by atoms with Gasteiger partial charge >= 0.3 is 5.97 Å². The van der Waals surface area contributed by atoms with E-state index in [-0.39, 0.29) is 18.6 Å². The topological polar surface area (TPSA) is 75.6 Å². The fraction of sp³-hybridized carbons (Fsp3) is 0.429. The maximum Gasteiger partial charge on any atom is 0.329 e. The van der Waals surface area contributed by atoms with Crippen LogP contribution in [0.3, 0.4) is 0 Å². The van der Waals surface area contributed by atoms with Gasteiger partial charge in [0.15, 0.2) is 0 Å². The largest absolute Gasteiger partial charge is 0.480 e. The minimum Gasteiger partial charge on any atom is -0.480 e. The molecule has 0 aliphatic rings. The highest BCUT2D eigenvalue weighted by Gasteiger charge is 2.08. The van der Waals surface area contributed by atoms with E-state index in [1.54, 1.807) is 0 Å². The van der Waals surface area contributed by atoms with Crippen molar-refractivity contribution in [3.63, 3.8) is 0 Å². The van der Waals surface area contributed by atoms with Gasteiger partial charge in [0, 0.05) is 6.04 Å². The number of aryl methyl sites for hydroxylation is 1. The van der Waals surface area contributed by atoms with E-state index >= 15 is 0 Å². The van der Waals surface area contributed by atoms with Crippen LogP contribution in [0, 0.1) is 0 Å². The normalized spacial score (nSPS) is 11.8. The fourth-order valence-electron chi connectivity index (χ4n) is 1.65. The Kier molecular flexibility index (Phi) is 6.60. The Labute approximate surface area is 112 Å². The zero-order chi connectivity index (χ0) is 14.1. The van der Waals surface area contributed by atoms with Crippen LogP contribution in [0.15, 0.2) is 30.3 Å². The highest BCUT2D eigenvalue weighted by atomic mass is 16.5. The number of hydrogen-bond donors (Lipinski definition) is 2. The summed E-state index contributed by atoms with van der Waals surface area (Å²) in [5, 5.41) is 11.1. The van der Waals surface area contributed by atoms with Crippen molar-refractivity contribution in [1.29, 1.82) is 0 Å². The molecular weight excluding hydrogens is 246 g/mol. The summed E-state index contributed by atoms with van der Waals surface area (Å²) in [6.45, 7) is 1.24. The second kappa shape index (κ2) is 8.26. The van der Waals surface area contributed by atoms with Crippen molar-refractivity contribution in [1.82, 2.24) is 5.32 Å². The number of nitrogens with one attached hydrogen (secondary N) is 1. The highest BCUT2D eigenvalue weighted by Crippen LogP contribution is 2.04. The van der Waals surface area contributed by atoms with Crippen LogP contribution >= 0.6 is 0 Å². The number of ether oxygens (including phenoxy) is 1. The molecule has 2 N–H and O–H groups in total. The first kappa shape index (κ1) is 15.2. The molecule has 0 saturated carbocycles. The number of aliphatic carboxylic acids is 1. The standard InChI is InChI=1S/C14H19NO4/c1-11(7-8-12-5-3-2-4-6-12)15-13(16)9-19-10-14(17)18/h2-6,11H,7-10H2,1H3,(H,15,16)(H,17,18). The van der Waals surface area contributed by atoms with Crippen molar-refractivity contribution in [3.05, 3.63) is 35.9 Å². The first-order valence-corrected chi connectivity index (χ1v) is 6.20. The van der Waals surface area contributed by atoms with Gasteiger partial charge in [-0.3, -0.25) is 4.79 Å². The van der Waals surface area contributed by atoms with Gasteiger partial charge in [0.25, 0.3) is 0 Å². The third-order valence-electron chi connectivity index (χ3n) is 2.57. The van der Waals surface area contributed by atoms with E-state index in [0.717, 1.165) is 12.8 Å².